The molecule has 0 amide bonds. The molecule has 0 bridgehead atoms. The number of halogens is 1. The number of nitrogens with two attached hydrogens (primary N) is 1. The Kier molecular flexibility index (Phi) is 2.78. The summed E-state index contributed by atoms with van der Waals surface area (Å²) in [5, 5.41) is 8.34. The van der Waals surface area contributed by atoms with Gasteiger partial charge in [0.1, 0.15) is 5.82 Å². The van der Waals surface area contributed by atoms with Crippen molar-refractivity contribution < 1.29 is 4.39 Å². The molecule has 0 radical (unpaired) electrons. The fourth-order valence-electron chi connectivity index (χ4n) is 0.953. The van der Waals surface area contributed by atoms with Crippen LogP contribution in [0.1, 0.15) is 18.0 Å². The normalized spacial score (nSPS) is 12.1. The maximum atomic E-state index is 12.6. The SMILES string of the molecule is N#CCC(N)c1cccc(F)c1. The van der Waals surface area contributed by atoms with Crippen LogP contribution in [0, 0.1) is 17.1 Å². The third-order valence-electron chi connectivity index (χ3n) is 1.59. The van der Waals surface area contributed by atoms with Crippen LogP contribution in [-0.2, 0) is 0 Å². The first-order chi connectivity index (χ1) is 5.74. The van der Waals surface area contributed by atoms with Crippen LogP contribution in [0.4, 0.5) is 4.39 Å². The van der Waals surface area contributed by atoms with Gasteiger partial charge in [-0.25, -0.2) is 4.39 Å². The first-order valence-electron chi connectivity index (χ1n) is 3.62. The molecule has 1 unspecified atom stereocenters. The minimum absolute atomic E-state index is 0.212. The number of hydrogen-bond donors (Lipinski definition) is 1. The molecular weight excluding hydrogens is 155 g/mol. The third kappa shape index (κ3) is 2.04. The van der Waals surface area contributed by atoms with Crippen LogP contribution in [0.25, 0.3) is 0 Å². The Bertz CT molecular complexity index is 304. The van der Waals surface area contributed by atoms with Crippen LogP contribution >= 0.6 is 0 Å². The molecule has 2 N–H and O–H groups in total. The average Bonchev–Trinajstić information content (AvgIpc) is 2.05. The summed E-state index contributed by atoms with van der Waals surface area (Å²) in [6.07, 6.45) is 0.212. The van der Waals surface area contributed by atoms with E-state index in [2.05, 4.69) is 0 Å². The molecule has 62 valence electrons. The summed E-state index contributed by atoms with van der Waals surface area (Å²) in [4.78, 5) is 0. The highest BCUT2D eigenvalue weighted by molar-refractivity contribution is 5.20. The molecule has 1 aromatic carbocycles. The van der Waals surface area contributed by atoms with Gasteiger partial charge in [0.25, 0.3) is 0 Å². The standard InChI is InChI=1S/C9H9FN2/c10-8-3-1-2-7(6-8)9(12)4-5-11/h1-3,6,9H,4,12H2. The molecule has 12 heavy (non-hydrogen) atoms. The molecule has 0 aromatic heterocycles. The van der Waals surface area contributed by atoms with Crippen molar-refractivity contribution in [2.75, 3.05) is 0 Å². The van der Waals surface area contributed by atoms with Crippen molar-refractivity contribution in [2.45, 2.75) is 12.5 Å². The average molecular weight is 164 g/mol. The van der Waals surface area contributed by atoms with E-state index in [1.807, 2.05) is 6.07 Å². The zero-order valence-corrected chi connectivity index (χ0v) is 6.50. The van der Waals surface area contributed by atoms with Crippen LogP contribution in [0.3, 0.4) is 0 Å². The van der Waals surface area contributed by atoms with E-state index in [-0.39, 0.29) is 18.3 Å². The maximum absolute atomic E-state index is 12.6. The molecule has 0 spiro atoms. The first kappa shape index (κ1) is 8.69. The summed E-state index contributed by atoms with van der Waals surface area (Å²) in [7, 11) is 0. The lowest BCUT2D eigenvalue weighted by molar-refractivity contribution is 0.620. The van der Waals surface area contributed by atoms with Crippen molar-refractivity contribution in [3.8, 4) is 6.07 Å². The van der Waals surface area contributed by atoms with E-state index in [0.717, 1.165) is 0 Å². The van der Waals surface area contributed by atoms with E-state index in [0.29, 0.717) is 5.56 Å². The van der Waals surface area contributed by atoms with Gasteiger partial charge in [0.15, 0.2) is 0 Å². The fourth-order valence-corrected chi connectivity index (χ4v) is 0.953. The monoisotopic (exact) mass is 164 g/mol. The van der Waals surface area contributed by atoms with Crippen molar-refractivity contribution >= 4 is 0 Å². The van der Waals surface area contributed by atoms with E-state index >= 15 is 0 Å². The summed E-state index contributed by atoms with van der Waals surface area (Å²) in [5.74, 6) is -0.319. The van der Waals surface area contributed by atoms with Gasteiger partial charge >= 0.3 is 0 Å². The van der Waals surface area contributed by atoms with E-state index in [9.17, 15) is 4.39 Å². The Hall–Kier alpha value is -1.40. The second-order valence-corrected chi connectivity index (χ2v) is 2.52. The molecule has 0 saturated heterocycles. The highest BCUT2D eigenvalue weighted by atomic mass is 19.1. The molecule has 1 atom stereocenters. The van der Waals surface area contributed by atoms with E-state index in [1.54, 1.807) is 12.1 Å². The first-order valence-corrected chi connectivity index (χ1v) is 3.62. The quantitative estimate of drug-likeness (QED) is 0.723. The Morgan fingerprint density at radius 1 is 1.58 bits per heavy atom. The number of benzene rings is 1. The summed E-state index contributed by atoms with van der Waals surface area (Å²) in [5.41, 5.74) is 6.25. The van der Waals surface area contributed by atoms with Gasteiger partial charge < -0.3 is 5.73 Å². The lowest BCUT2D eigenvalue weighted by Gasteiger charge is -2.06. The van der Waals surface area contributed by atoms with Gasteiger partial charge in [-0.2, -0.15) is 5.26 Å². The largest absolute Gasteiger partial charge is 0.323 e. The topological polar surface area (TPSA) is 49.8 Å². The van der Waals surface area contributed by atoms with Gasteiger partial charge in [-0.15, -0.1) is 0 Å². The molecule has 0 fully saturated rings. The van der Waals surface area contributed by atoms with Crippen LogP contribution in [-0.4, -0.2) is 0 Å². The summed E-state index contributed by atoms with van der Waals surface area (Å²) >= 11 is 0. The fraction of sp³-hybridized carbons (Fsp3) is 0.222. The molecule has 0 aliphatic rings. The summed E-state index contributed by atoms with van der Waals surface area (Å²) < 4.78 is 12.6. The minimum atomic E-state index is -0.384. The molecule has 1 rings (SSSR count). The van der Waals surface area contributed by atoms with Crippen LogP contribution in [0.2, 0.25) is 0 Å². The van der Waals surface area contributed by atoms with Crippen molar-refractivity contribution in [3.05, 3.63) is 35.6 Å². The Morgan fingerprint density at radius 3 is 2.92 bits per heavy atom. The zero-order chi connectivity index (χ0) is 8.97. The van der Waals surface area contributed by atoms with Gasteiger partial charge in [-0.1, -0.05) is 12.1 Å². The molecule has 2 nitrogen and oxygen atoms in total. The van der Waals surface area contributed by atoms with Gasteiger partial charge in [-0.3, -0.25) is 0 Å². The second-order valence-electron chi connectivity index (χ2n) is 2.52. The molecule has 0 aliphatic carbocycles. The second kappa shape index (κ2) is 3.84. The maximum Gasteiger partial charge on any atom is 0.123 e. The highest BCUT2D eigenvalue weighted by Crippen LogP contribution is 2.13. The lowest BCUT2D eigenvalue weighted by Crippen LogP contribution is -2.09. The highest BCUT2D eigenvalue weighted by Gasteiger charge is 2.04. The summed E-state index contributed by atoms with van der Waals surface area (Å²) in [6.45, 7) is 0. The Balaban J connectivity index is 2.82. The molecule has 3 heteroatoms. The molecule has 0 saturated carbocycles. The van der Waals surface area contributed by atoms with Crippen LogP contribution in [0.15, 0.2) is 24.3 Å². The van der Waals surface area contributed by atoms with E-state index < -0.39 is 0 Å². The van der Waals surface area contributed by atoms with Gasteiger partial charge in [0, 0.05) is 6.04 Å². The number of nitriles is 1. The van der Waals surface area contributed by atoms with Crippen LogP contribution in [0.5, 0.6) is 0 Å². The van der Waals surface area contributed by atoms with Crippen molar-refractivity contribution in [1.29, 1.82) is 5.26 Å². The van der Waals surface area contributed by atoms with E-state index in [1.165, 1.54) is 12.1 Å². The molecule has 0 aliphatic heterocycles. The minimum Gasteiger partial charge on any atom is -0.323 e. The van der Waals surface area contributed by atoms with Gasteiger partial charge in [0.05, 0.1) is 12.5 Å². The Labute approximate surface area is 70.4 Å². The Morgan fingerprint density at radius 2 is 2.33 bits per heavy atom. The van der Waals surface area contributed by atoms with E-state index in [4.69, 9.17) is 11.0 Å². The number of rotatable bonds is 2. The van der Waals surface area contributed by atoms with Gasteiger partial charge in [0.2, 0.25) is 0 Å². The smallest absolute Gasteiger partial charge is 0.123 e. The van der Waals surface area contributed by atoms with Crippen molar-refractivity contribution in [1.82, 2.24) is 0 Å². The summed E-state index contributed by atoms with van der Waals surface area (Å²) in [6, 6.07) is 7.55. The predicted molar refractivity (Wildman–Crippen MR) is 43.6 cm³/mol. The zero-order valence-electron chi connectivity index (χ0n) is 6.50. The number of hydrogen-bond acceptors (Lipinski definition) is 2. The molecule has 1 aromatic rings. The van der Waals surface area contributed by atoms with Crippen molar-refractivity contribution in [2.24, 2.45) is 5.73 Å². The predicted octanol–water partition coefficient (Wildman–Crippen LogP) is 1.74. The molecule has 0 heterocycles. The number of nitrogens with zero attached hydrogens (tertiary/aromatic N) is 1. The third-order valence-corrected chi connectivity index (χ3v) is 1.59. The van der Waals surface area contributed by atoms with Gasteiger partial charge in [-0.05, 0) is 17.7 Å². The van der Waals surface area contributed by atoms with Crippen LogP contribution < -0.4 is 5.73 Å². The van der Waals surface area contributed by atoms with Crippen molar-refractivity contribution in [3.63, 3.8) is 0 Å². The lowest BCUT2D eigenvalue weighted by atomic mass is 10.1. The molecular formula is C9H9FN2.